The summed E-state index contributed by atoms with van der Waals surface area (Å²) in [5.74, 6) is 0.794. The highest BCUT2D eigenvalue weighted by atomic mass is 16.2. The number of hydrogen-bond donors (Lipinski definition) is 0. The van der Waals surface area contributed by atoms with E-state index in [1.807, 2.05) is 44.2 Å². The van der Waals surface area contributed by atoms with Crippen LogP contribution in [0.15, 0.2) is 35.9 Å². The first kappa shape index (κ1) is 13.6. The summed E-state index contributed by atoms with van der Waals surface area (Å²) in [6.07, 6.45) is 7.03. The van der Waals surface area contributed by atoms with Crippen LogP contribution in [0.5, 0.6) is 0 Å². The molecule has 2 aliphatic rings. The van der Waals surface area contributed by atoms with Gasteiger partial charge in [0.15, 0.2) is 0 Å². The van der Waals surface area contributed by atoms with Crippen molar-refractivity contribution in [3.05, 3.63) is 52.2 Å². The molecule has 0 saturated heterocycles. The maximum Gasteiger partial charge on any atom is 0.264 e. The molecule has 0 atom stereocenters. The minimum atomic E-state index is 0.0250. The molecule has 106 valence electrons. The lowest BCUT2D eigenvalue weighted by atomic mass is 10.1. The van der Waals surface area contributed by atoms with Gasteiger partial charge in [-0.2, -0.15) is 0 Å². The van der Waals surface area contributed by atoms with E-state index in [1.54, 1.807) is 4.57 Å². The fraction of sp³-hybridized carbons (Fsp3) is 0.222. The van der Waals surface area contributed by atoms with Crippen LogP contribution < -0.4 is 10.7 Å². The number of aromatic nitrogens is 2. The maximum absolute atomic E-state index is 12.5. The Labute approximate surface area is 123 Å². The third kappa shape index (κ3) is 1.97. The Balaban J connectivity index is 0.000000636. The van der Waals surface area contributed by atoms with E-state index in [9.17, 15) is 4.79 Å². The van der Waals surface area contributed by atoms with Crippen LogP contribution in [0.25, 0.3) is 23.5 Å². The van der Waals surface area contributed by atoms with E-state index in [2.05, 4.69) is 24.1 Å². The zero-order valence-electron chi connectivity index (χ0n) is 12.6. The standard InChI is InChI=1S/C16H12N2O.C2H6/c1-10-6-8-13-14(9-7-10)18-15(17-13)11-4-2-3-5-12(11)16(18)19;1-2/h2-5,7-9H,6H2,1H3;1-2H3. The lowest BCUT2D eigenvalue weighted by Crippen LogP contribution is -2.32. The van der Waals surface area contributed by atoms with Gasteiger partial charge in [0.05, 0.1) is 16.3 Å². The summed E-state index contributed by atoms with van der Waals surface area (Å²) < 4.78 is 1.73. The predicted octanol–water partition coefficient (Wildman–Crippen LogP) is 2.49. The van der Waals surface area contributed by atoms with Crippen LogP contribution in [0.2, 0.25) is 0 Å². The molecule has 1 aromatic carbocycles. The van der Waals surface area contributed by atoms with Crippen molar-refractivity contribution in [2.75, 3.05) is 0 Å². The van der Waals surface area contributed by atoms with Gasteiger partial charge in [-0.25, -0.2) is 4.98 Å². The number of carbonyl (C=O) groups is 1. The zero-order chi connectivity index (χ0) is 15.0. The molecule has 3 nitrogen and oxygen atoms in total. The van der Waals surface area contributed by atoms with Gasteiger partial charge in [0.1, 0.15) is 5.82 Å². The molecule has 2 heterocycles. The molecule has 2 aromatic rings. The number of carbonyl (C=O) groups excluding carboxylic acids is 1. The van der Waals surface area contributed by atoms with E-state index < -0.39 is 0 Å². The van der Waals surface area contributed by atoms with Crippen molar-refractivity contribution in [2.24, 2.45) is 0 Å². The Morgan fingerprint density at radius 1 is 1.10 bits per heavy atom. The summed E-state index contributed by atoms with van der Waals surface area (Å²) in [6, 6.07) is 7.65. The van der Waals surface area contributed by atoms with Gasteiger partial charge in [0.2, 0.25) is 0 Å². The fourth-order valence-corrected chi connectivity index (χ4v) is 2.68. The van der Waals surface area contributed by atoms with Crippen LogP contribution in [0.3, 0.4) is 0 Å². The van der Waals surface area contributed by atoms with E-state index in [-0.39, 0.29) is 5.91 Å². The molecule has 21 heavy (non-hydrogen) atoms. The average molecular weight is 278 g/mol. The molecule has 1 aliphatic heterocycles. The number of nitrogens with zero attached hydrogens (tertiary/aromatic N) is 2. The highest BCUT2D eigenvalue weighted by molar-refractivity contribution is 6.08. The number of fused-ring (bicyclic) bond motifs is 5. The summed E-state index contributed by atoms with van der Waals surface area (Å²) in [5.41, 5.74) is 2.95. The maximum atomic E-state index is 12.5. The predicted molar refractivity (Wildman–Crippen MR) is 85.3 cm³/mol. The molecule has 1 aliphatic carbocycles. The number of imidazole rings is 1. The van der Waals surface area contributed by atoms with Crippen molar-refractivity contribution < 1.29 is 4.79 Å². The second kappa shape index (κ2) is 5.17. The summed E-state index contributed by atoms with van der Waals surface area (Å²) in [6.45, 7) is 6.08. The van der Waals surface area contributed by atoms with E-state index in [0.29, 0.717) is 0 Å². The molecule has 0 amide bonds. The zero-order valence-corrected chi connectivity index (χ0v) is 12.6. The second-order valence-corrected chi connectivity index (χ2v) is 4.98. The van der Waals surface area contributed by atoms with Gasteiger partial charge in [0.25, 0.3) is 5.91 Å². The number of allylic oxidation sites excluding steroid dienone is 2. The number of rotatable bonds is 0. The first-order chi connectivity index (χ1) is 10.3. The van der Waals surface area contributed by atoms with Gasteiger partial charge in [-0.1, -0.05) is 49.8 Å². The minimum Gasteiger partial charge on any atom is -0.268 e. The molecule has 3 heteroatoms. The third-order valence-electron chi connectivity index (χ3n) is 3.69. The van der Waals surface area contributed by atoms with Gasteiger partial charge >= 0.3 is 0 Å². The molecule has 4 rings (SSSR count). The molecular formula is C18H18N2O. The summed E-state index contributed by atoms with van der Waals surface area (Å²) in [5, 5.41) is 1.80. The molecule has 0 fully saturated rings. The van der Waals surface area contributed by atoms with E-state index in [1.165, 1.54) is 5.57 Å². The quantitative estimate of drug-likeness (QED) is 0.633. The van der Waals surface area contributed by atoms with Crippen molar-refractivity contribution in [2.45, 2.75) is 27.2 Å². The Kier molecular flexibility index (Phi) is 3.34. The van der Waals surface area contributed by atoms with Crippen LogP contribution in [0.4, 0.5) is 0 Å². The summed E-state index contributed by atoms with van der Waals surface area (Å²) >= 11 is 0. The Morgan fingerprint density at radius 2 is 1.81 bits per heavy atom. The van der Waals surface area contributed by atoms with Crippen LogP contribution in [-0.2, 0) is 0 Å². The molecule has 0 N–H and O–H groups in total. The lowest BCUT2D eigenvalue weighted by molar-refractivity contribution is 0.0966. The molecule has 0 bridgehead atoms. The average Bonchev–Trinajstić information content (AvgIpc) is 2.95. The van der Waals surface area contributed by atoms with Gasteiger partial charge in [-0.15, -0.1) is 0 Å². The van der Waals surface area contributed by atoms with Crippen molar-refractivity contribution >= 4 is 18.1 Å². The van der Waals surface area contributed by atoms with Crippen molar-refractivity contribution in [3.8, 4) is 11.4 Å². The van der Waals surface area contributed by atoms with Gasteiger partial charge in [-0.05, 0) is 25.5 Å². The Bertz CT molecular complexity index is 869. The lowest BCUT2D eigenvalue weighted by Gasteiger charge is -1.94. The van der Waals surface area contributed by atoms with Gasteiger partial charge < -0.3 is 0 Å². The van der Waals surface area contributed by atoms with Crippen molar-refractivity contribution in [1.29, 1.82) is 0 Å². The third-order valence-corrected chi connectivity index (χ3v) is 3.69. The largest absolute Gasteiger partial charge is 0.268 e. The first-order valence-corrected chi connectivity index (χ1v) is 7.36. The van der Waals surface area contributed by atoms with Crippen LogP contribution in [0.1, 0.15) is 37.6 Å². The SMILES string of the molecule is CC.CC1=CC=c2c(nc3n2C(=O)c2ccccc2-3)=CC1. The smallest absolute Gasteiger partial charge is 0.264 e. The molecule has 0 unspecified atom stereocenters. The number of benzene rings is 1. The van der Waals surface area contributed by atoms with Crippen LogP contribution in [0, 0.1) is 0 Å². The van der Waals surface area contributed by atoms with Crippen LogP contribution in [-0.4, -0.2) is 15.5 Å². The highest BCUT2D eigenvalue weighted by Crippen LogP contribution is 2.27. The molecule has 0 spiro atoms. The van der Waals surface area contributed by atoms with E-state index in [4.69, 9.17) is 0 Å². The summed E-state index contributed by atoms with van der Waals surface area (Å²) in [7, 11) is 0. The minimum absolute atomic E-state index is 0.0250. The van der Waals surface area contributed by atoms with Crippen molar-refractivity contribution in [1.82, 2.24) is 9.55 Å². The second-order valence-electron chi connectivity index (χ2n) is 4.98. The monoisotopic (exact) mass is 278 g/mol. The molecular weight excluding hydrogens is 260 g/mol. The Hall–Kier alpha value is -2.42. The molecule has 0 radical (unpaired) electrons. The normalized spacial score (nSPS) is 14.4. The first-order valence-electron chi connectivity index (χ1n) is 7.36. The molecule has 0 saturated carbocycles. The summed E-state index contributed by atoms with van der Waals surface area (Å²) in [4.78, 5) is 17.1. The number of hydrogen-bond acceptors (Lipinski definition) is 2. The van der Waals surface area contributed by atoms with E-state index >= 15 is 0 Å². The highest BCUT2D eigenvalue weighted by Gasteiger charge is 2.28. The topological polar surface area (TPSA) is 34.9 Å². The molecule has 1 aromatic heterocycles. The van der Waals surface area contributed by atoms with Gasteiger partial charge in [0, 0.05) is 5.56 Å². The van der Waals surface area contributed by atoms with E-state index in [0.717, 1.165) is 34.1 Å². The Morgan fingerprint density at radius 3 is 2.57 bits per heavy atom. The van der Waals surface area contributed by atoms with Gasteiger partial charge in [-0.3, -0.25) is 9.36 Å². The van der Waals surface area contributed by atoms with Crippen molar-refractivity contribution in [3.63, 3.8) is 0 Å². The van der Waals surface area contributed by atoms with Crippen LogP contribution >= 0.6 is 0 Å². The fourth-order valence-electron chi connectivity index (χ4n) is 2.68.